The van der Waals surface area contributed by atoms with Crippen molar-refractivity contribution in [2.24, 2.45) is 0 Å². The molecule has 3 aromatic rings. The van der Waals surface area contributed by atoms with Crippen LogP contribution in [0.25, 0.3) is 11.1 Å². The molecule has 0 bridgehead atoms. The fraction of sp³-hybridized carbons (Fsp3) is 0.300. The van der Waals surface area contributed by atoms with Crippen molar-refractivity contribution in [2.75, 3.05) is 31.0 Å². The molecule has 1 aliphatic rings. The standard InChI is InChI=1S/C20H22N6O3/c1-13-8-22-18(23-12-27)7-17(13)25-20-19(28-2)16(3-5-21-20)14-9-24-26(10-14)15-4-6-29-11-15/h3,5,7-10,12,15H,4,6,11H2,1-2H3,(H2,21,22,23,25,27). The predicted molar refractivity (Wildman–Crippen MR) is 108 cm³/mol. The molecule has 1 saturated heterocycles. The summed E-state index contributed by atoms with van der Waals surface area (Å²) in [6.45, 7) is 3.36. The Kier molecular flexibility index (Phi) is 5.39. The summed E-state index contributed by atoms with van der Waals surface area (Å²) in [4.78, 5) is 19.3. The molecule has 0 aromatic carbocycles. The van der Waals surface area contributed by atoms with E-state index in [0.717, 1.165) is 35.4 Å². The number of rotatable bonds is 7. The predicted octanol–water partition coefficient (Wildman–Crippen LogP) is 2.93. The van der Waals surface area contributed by atoms with E-state index in [4.69, 9.17) is 9.47 Å². The number of ether oxygens (including phenoxy) is 2. The first kappa shape index (κ1) is 18.9. The molecule has 3 aromatic heterocycles. The maximum absolute atomic E-state index is 10.7. The van der Waals surface area contributed by atoms with E-state index in [1.165, 1.54) is 0 Å². The van der Waals surface area contributed by atoms with Crippen LogP contribution in [0, 0.1) is 6.92 Å². The third-order valence-electron chi connectivity index (χ3n) is 4.86. The van der Waals surface area contributed by atoms with Crippen LogP contribution >= 0.6 is 0 Å². The molecule has 0 saturated carbocycles. The molecule has 2 N–H and O–H groups in total. The SMILES string of the molecule is COc1c(-c2cnn(C3CCOC3)c2)ccnc1Nc1cc(NC=O)ncc1C. The largest absolute Gasteiger partial charge is 0.492 e. The molecule has 1 atom stereocenters. The Morgan fingerprint density at radius 2 is 2.24 bits per heavy atom. The van der Waals surface area contributed by atoms with E-state index in [9.17, 15) is 4.79 Å². The van der Waals surface area contributed by atoms with Gasteiger partial charge in [0.2, 0.25) is 6.41 Å². The highest BCUT2D eigenvalue weighted by Gasteiger charge is 2.20. The van der Waals surface area contributed by atoms with Crippen molar-refractivity contribution in [3.8, 4) is 16.9 Å². The van der Waals surface area contributed by atoms with Crippen LogP contribution in [0.3, 0.4) is 0 Å². The molecule has 0 spiro atoms. The number of pyridine rings is 2. The molecule has 1 amide bonds. The Hall–Kier alpha value is -3.46. The van der Waals surface area contributed by atoms with Crippen molar-refractivity contribution in [1.82, 2.24) is 19.7 Å². The van der Waals surface area contributed by atoms with Crippen LogP contribution in [0.1, 0.15) is 18.0 Å². The van der Waals surface area contributed by atoms with Gasteiger partial charge in [0.1, 0.15) is 5.82 Å². The van der Waals surface area contributed by atoms with Crippen molar-refractivity contribution in [2.45, 2.75) is 19.4 Å². The first-order valence-corrected chi connectivity index (χ1v) is 9.28. The van der Waals surface area contributed by atoms with E-state index in [1.54, 1.807) is 25.6 Å². The molecule has 150 valence electrons. The number of carbonyl (C=O) groups is 1. The first-order chi connectivity index (χ1) is 14.2. The molecule has 0 radical (unpaired) electrons. The molecular formula is C20H22N6O3. The maximum Gasteiger partial charge on any atom is 0.212 e. The Balaban J connectivity index is 1.66. The Morgan fingerprint density at radius 1 is 1.34 bits per heavy atom. The van der Waals surface area contributed by atoms with E-state index >= 15 is 0 Å². The van der Waals surface area contributed by atoms with Crippen LogP contribution in [0.5, 0.6) is 5.75 Å². The average Bonchev–Trinajstić information content (AvgIpc) is 3.42. The Morgan fingerprint density at radius 3 is 3.00 bits per heavy atom. The van der Waals surface area contributed by atoms with Crippen LogP contribution in [-0.4, -0.2) is 46.5 Å². The van der Waals surface area contributed by atoms with Crippen LogP contribution in [0.2, 0.25) is 0 Å². The third-order valence-corrected chi connectivity index (χ3v) is 4.86. The summed E-state index contributed by atoms with van der Waals surface area (Å²) in [5, 5.41) is 10.3. The monoisotopic (exact) mass is 394 g/mol. The van der Waals surface area contributed by atoms with Gasteiger partial charge in [-0.2, -0.15) is 5.10 Å². The smallest absolute Gasteiger partial charge is 0.212 e. The lowest BCUT2D eigenvalue weighted by Crippen LogP contribution is -2.08. The second kappa shape index (κ2) is 8.27. The first-order valence-electron chi connectivity index (χ1n) is 9.28. The number of hydrogen-bond donors (Lipinski definition) is 2. The third kappa shape index (κ3) is 3.90. The lowest BCUT2D eigenvalue weighted by atomic mass is 10.1. The van der Waals surface area contributed by atoms with Crippen molar-refractivity contribution >= 4 is 23.7 Å². The Bertz CT molecular complexity index is 1010. The van der Waals surface area contributed by atoms with E-state index in [0.29, 0.717) is 30.4 Å². The van der Waals surface area contributed by atoms with Gasteiger partial charge < -0.3 is 20.1 Å². The second-order valence-electron chi connectivity index (χ2n) is 6.74. The number of hydrogen-bond acceptors (Lipinski definition) is 7. The van der Waals surface area contributed by atoms with E-state index in [-0.39, 0.29) is 6.04 Å². The summed E-state index contributed by atoms with van der Waals surface area (Å²) < 4.78 is 13.1. The molecule has 29 heavy (non-hydrogen) atoms. The zero-order chi connectivity index (χ0) is 20.2. The van der Waals surface area contributed by atoms with Gasteiger partial charge in [0.05, 0.1) is 26.0 Å². The molecule has 1 unspecified atom stereocenters. The summed E-state index contributed by atoms with van der Waals surface area (Å²) in [7, 11) is 1.61. The minimum atomic E-state index is 0.261. The quantitative estimate of drug-likeness (QED) is 0.594. The summed E-state index contributed by atoms with van der Waals surface area (Å²) in [5.74, 6) is 1.62. The topological polar surface area (TPSA) is 103 Å². The summed E-state index contributed by atoms with van der Waals surface area (Å²) >= 11 is 0. The van der Waals surface area contributed by atoms with Gasteiger partial charge in [0, 0.05) is 48.1 Å². The fourth-order valence-electron chi connectivity index (χ4n) is 3.30. The van der Waals surface area contributed by atoms with Gasteiger partial charge in [-0.05, 0) is 25.0 Å². The molecule has 4 rings (SSSR count). The number of anilines is 3. The number of nitrogens with one attached hydrogen (secondary N) is 2. The Labute approximate surface area is 168 Å². The highest BCUT2D eigenvalue weighted by atomic mass is 16.5. The van der Waals surface area contributed by atoms with Crippen molar-refractivity contribution in [3.63, 3.8) is 0 Å². The van der Waals surface area contributed by atoms with Gasteiger partial charge in [-0.3, -0.25) is 9.48 Å². The average molecular weight is 394 g/mol. The molecule has 1 aliphatic heterocycles. The second-order valence-corrected chi connectivity index (χ2v) is 6.74. The van der Waals surface area contributed by atoms with Gasteiger partial charge in [-0.25, -0.2) is 9.97 Å². The van der Waals surface area contributed by atoms with Gasteiger partial charge >= 0.3 is 0 Å². The van der Waals surface area contributed by atoms with Crippen LogP contribution in [0.4, 0.5) is 17.3 Å². The number of amides is 1. The number of methoxy groups -OCH3 is 1. The van der Waals surface area contributed by atoms with Crippen molar-refractivity contribution < 1.29 is 14.3 Å². The lowest BCUT2D eigenvalue weighted by Gasteiger charge is -2.15. The minimum absolute atomic E-state index is 0.261. The van der Waals surface area contributed by atoms with Crippen molar-refractivity contribution in [1.29, 1.82) is 0 Å². The zero-order valence-corrected chi connectivity index (χ0v) is 16.3. The van der Waals surface area contributed by atoms with Crippen molar-refractivity contribution in [3.05, 3.63) is 42.5 Å². The van der Waals surface area contributed by atoms with E-state index in [1.807, 2.05) is 30.1 Å². The molecule has 9 nitrogen and oxygen atoms in total. The zero-order valence-electron chi connectivity index (χ0n) is 16.3. The van der Waals surface area contributed by atoms with Crippen LogP contribution < -0.4 is 15.4 Å². The van der Waals surface area contributed by atoms with Gasteiger partial charge in [0.15, 0.2) is 11.6 Å². The minimum Gasteiger partial charge on any atom is -0.492 e. The summed E-state index contributed by atoms with van der Waals surface area (Å²) in [6, 6.07) is 3.91. The number of aromatic nitrogens is 4. The summed E-state index contributed by atoms with van der Waals surface area (Å²) in [6.07, 6.45) is 8.78. The molecule has 4 heterocycles. The molecular weight excluding hydrogens is 372 g/mol. The number of aryl methyl sites for hydroxylation is 1. The molecule has 0 aliphatic carbocycles. The van der Waals surface area contributed by atoms with Gasteiger partial charge in [-0.1, -0.05) is 0 Å². The van der Waals surface area contributed by atoms with E-state index < -0.39 is 0 Å². The fourth-order valence-corrected chi connectivity index (χ4v) is 3.30. The highest BCUT2D eigenvalue weighted by Crippen LogP contribution is 2.37. The maximum atomic E-state index is 10.7. The normalized spacial score (nSPS) is 15.9. The molecule has 1 fully saturated rings. The number of nitrogens with zero attached hydrogens (tertiary/aromatic N) is 4. The lowest BCUT2D eigenvalue weighted by molar-refractivity contribution is -0.105. The molecule has 9 heteroatoms. The van der Waals surface area contributed by atoms with Gasteiger partial charge in [-0.15, -0.1) is 0 Å². The number of carbonyl (C=O) groups excluding carboxylic acids is 1. The summed E-state index contributed by atoms with van der Waals surface area (Å²) in [5.41, 5.74) is 3.50. The highest BCUT2D eigenvalue weighted by molar-refractivity contribution is 5.79. The van der Waals surface area contributed by atoms with E-state index in [2.05, 4.69) is 25.7 Å². The van der Waals surface area contributed by atoms with Crippen LogP contribution in [0.15, 0.2) is 36.9 Å². The van der Waals surface area contributed by atoms with Crippen LogP contribution in [-0.2, 0) is 9.53 Å². The van der Waals surface area contributed by atoms with Gasteiger partial charge in [0.25, 0.3) is 0 Å².